The second-order valence-electron chi connectivity index (χ2n) is 4.27. The monoisotopic (exact) mass is 262 g/mol. The topological polar surface area (TPSA) is 35.0 Å². The first kappa shape index (κ1) is 12.8. The minimum atomic E-state index is 0.357. The number of aromatic nitrogens is 2. The van der Waals surface area contributed by atoms with Crippen molar-refractivity contribution in [1.29, 1.82) is 0 Å². The van der Waals surface area contributed by atoms with Crippen LogP contribution in [0.3, 0.4) is 0 Å². The van der Waals surface area contributed by atoms with Crippen molar-refractivity contribution < 1.29 is 4.74 Å². The van der Waals surface area contributed by atoms with Crippen molar-refractivity contribution in [2.75, 3.05) is 0 Å². The molecule has 2 rings (SSSR count). The molecule has 1 aromatic heterocycles. The predicted molar refractivity (Wildman–Crippen MR) is 72.3 cm³/mol. The van der Waals surface area contributed by atoms with Crippen LogP contribution in [0, 0.1) is 20.8 Å². The fourth-order valence-corrected chi connectivity index (χ4v) is 1.83. The molecule has 0 saturated heterocycles. The van der Waals surface area contributed by atoms with E-state index in [9.17, 15) is 0 Å². The summed E-state index contributed by atoms with van der Waals surface area (Å²) in [5.41, 5.74) is 3.97. The molecule has 0 saturated carbocycles. The van der Waals surface area contributed by atoms with E-state index in [1.54, 1.807) is 6.20 Å². The molecule has 0 N–H and O–H groups in total. The molecule has 1 heterocycles. The highest BCUT2D eigenvalue weighted by molar-refractivity contribution is 6.17. The fourth-order valence-electron chi connectivity index (χ4n) is 1.57. The van der Waals surface area contributed by atoms with E-state index in [-0.39, 0.29) is 0 Å². The van der Waals surface area contributed by atoms with Gasteiger partial charge in [0.25, 0.3) is 0 Å². The molecule has 0 aliphatic rings. The van der Waals surface area contributed by atoms with Crippen molar-refractivity contribution in [2.24, 2.45) is 0 Å². The number of aryl methyl sites for hydroxylation is 3. The molecule has 0 aliphatic heterocycles. The van der Waals surface area contributed by atoms with Gasteiger partial charge in [-0.2, -0.15) is 4.98 Å². The second-order valence-corrected chi connectivity index (χ2v) is 4.54. The quantitative estimate of drug-likeness (QED) is 0.786. The van der Waals surface area contributed by atoms with Gasteiger partial charge in [-0.15, -0.1) is 11.6 Å². The van der Waals surface area contributed by atoms with Crippen LogP contribution >= 0.6 is 11.6 Å². The number of hydrogen-bond acceptors (Lipinski definition) is 3. The molecule has 0 bridgehead atoms. The van der Waals surface area contributed by atoms with Gasteiger partial charge >= 0.3 is 6.01 Å². The largest absolute Gasteiger partial charge is 0.424 e. The highest BCUT2D eigenvalue weighted by Crippen LogP contribution is 2.24. The summed E-state index contributed by atoms with van der Waals surface area (Å²) in [4.78, 5) is 8.45. The maximum atomic E-state index is 5.77. The van der Waals surface area contributed by atoms with E-state index in [1.165, 1.54) is 0 Å². The Labute approximate surface area is 112 Å². The summed E-state index contributed by atoms with van der Waals surface area (Å²) in [5, 5.41) is 0. The number of rotatable bonds is 3. The van der Waals surface area contributed by atoms with Crippen LogP contribution in [-0.4, -0.2) is 9.97 Å². The van der Waals surface area contributed by atoms with Crippen LogP contribution < -0.4 is 4.74 Å². The first-order chi connectivity index (χ1) is 8.60. The summed E-state index contributed by atoms with van der Waals surface area (Å²) in [6, 6.07) is 6.40. The minimum absolute atomic E-state index is 0.357. The van der Waals surface area contributed by atoms with Crippen molar-refractivity contribution >= 4 is 11.6 Å². The van der Waals surface area contributed by atoms with E-state index in [0.29, 0.717) is 11.9 Å². The van der Waals surface area contributed by atoms with Gasteiger partial charge in [-0.3, -0.25) is 0 Å². The van der Waals surface area contributed by atoms with E-state index < -0.39 is 0 Å². The molecule has 0 aliphatic carbocycles. The highest BCUT2D eigenvalue weighted by atomic mass is 35.5. The van der Waals surface area contributed by atoms with Crippen molar-refractivity contribution in [3.8, 4) is 11.8 Å². The summed E-state index contributed by atoms with van der Waals surface area (Å²) < 4.78 is 5.70. The predicted octanol–water partition coefficient (Wildman–Crippen LogP) is 3.93. The van der Waals surface area contributed by atoms with Crippen LogP contribution in [0.1, 0.15) is 22.4 Å². The molecule has 0 radical (unpaired) electrons. The number of benzene rings is 1. The van der Waals surface area contributed by atoms with Gasteiger partial charge in [0, 0.05) is 17.5 Å². The van der Waals surface area contributed by atoms with Gasteiger partial charge in [-0.1, -0.05) is 12.1 Å². The molecular weight excluding hydrogens is 248 g/mol. The lowest BCUT2D eigenvalue weighted by atomic mass is 10.1. The van der Waals surface area contributed by atoms with Gasteiger partial charge in [0.15, 0.2) is 0 Å². The zero-order valence-corrected chi connectivity index (χ0v) is 11.5. The molecule has 1 aromatic carbocycles. The zero-order valence-electron chi connectivity index (χ0n) is 10.7. The molecule has 0 unspecified atom stereocenters. The van der Waals surface area contributed by atoms with Gasteiger partial charge < -0.3 is 4.74 Å². The summed E-state index contributed by atoms with van der Waals surface area (Å²) in [5.74, 6) is 1.20. The Hall–Kier alpha value is -1.61. The van der Waals surface area contributed by atoms with Crippen molar-refractivity contribution in [3.63, 3.8) is 0 Å². The second kappa shape index (κ2) is 5.36. The first-order valence-corrected chi connectivity index (χ1v) is 6.27. The van der Waals surface area contributed by atoms with Gasteiger partial charge in [0.05, 0.1) is 5.88 Å². The normalized spacial score (nSPS) is 10.4. The number of nitrogens with zero attached hydrogens (tertiary/aromatic N) is 2. The summed E-state index contributed by atoms with van der Waals surface area (Å²) in [6.45, 7) is 5.92. The van der Waals surface area contributed by atoms with Crippen molar-refractivity contribution in [1.82, 2.24) is 9.97 Å². The molecule has 0 atom stereocenters. The molecule has 0 amide bonds. The third kappa shape index (κ3) is 2.79. The molecule has 0 fully saturated rings. The van der Waals surface area contributed by atoms with Crippen LogP contribution in [0.15, 0.2) is 24.4 Å². The van der Waals surface area contributed by atoms with Crippen molar-refractivity contribution in [2.45, 2.75) is 26.7 Å². The number of ether oxygens (including phenoxy) is 1. The average Bonchev–Trinajstić information content (AvgIpc) is 2.34. The van der Waals surface area contributed by atoms with E-state index in [1.807, 2.05) is 39.0 Å². The highest BCUT2D eigenvalue weighted by Gasteiger charge is 2.06. The van der Waals surface area contributed by atoms with E-state index >= 15 is 0 Å². The van der Waals surface area contributed by atoms with E-state index in [2.05, 4.69) is 9.97 Å². The molecule has 18 heavy (non-hydrogen) atoms. The number of hydrogen-bond donors (Lipinski definition) is 0. The van der Waals surface area contributed by atoms with Gasteiger partial charge in [0.2, 0.25) is 0 Å². The van der Waals surface area contributed by atoms with Crippen molar-refractivity contribution in [3.05, 3.63) is 46.8 Å². The van der Waals surface area contributed by atoms with Gasteiger partial charge in [-0.25, -0.2) is 4.98 Å². The SMILES string of the molecule is Cc1ccc(C)c(Oc2ncc(CCl)c(C)n2)c1. The minimum Gasteiger partial charge on any atom is -0.424 e. The van der Waals surface area contributed by atoms with Gasteiger partial charge in [0.1, 0.15) is 5.75 Å². The molecule has 94 valence electrons. The third-order valence-electron chi connectivity index (χ3n) is 2.75. The van der Waals surface area contributed by atoms with E-state index in [4.69, 9.17) is 16.3 Å². The maximum absolute atomic E-state index is 5.77. The average molecular weight is 263 g/mol. The molecule has 3 nitrogen and oxygen atoms in total. The number of halogens is 1. The Morgan fingerprint density at radius 2 is 2.00 bits per heavy atom. The Morgan fingerprint density at radius 1 is 1.22 bits per heavy atom. The Morgan fingerprint density at radius 3 is 2.67 bits per heavy atom. The van der Waals surface area contributed by atoms with Crippen LogP contribution in [0.2, 0.25) is 0 Å². The van der Waals surface area contributed by atoms with E-state index in [0.717, 1.165) is 28.1 Å². The summed E-state index contributed by atoms with van der Waals surface area (Å²) in [6.07, 6.45) is 1.70. The maximum Gasteiger partial charge on any atom is 0.322 e. The Balaban J connectivity index is 2.28. The fraction of sp³-hybridized carbons (Fsp3) is 0.286. The summed E-state index contributed by atoms with van der Waals surface area (Å²) >= 11 is 5.77. The van der Waals surface area contributed by atoms with Gasteiger partial charge in [-0.05, 0) is 38.0 Å². The first-order valence-electron chi connectivity index (χ1n) is 5.73. The lowest BCUT2D eigenvalue weighted by Gasteiger charge is -2.09. The third-order valence-corrected chi connectivity index (χ3v) is 3.04. The Kier molecular flexibility index (Phi) is 3.82. The standard InChI is InChI=1S/C14H15ClN2O/c1-9-4-5-10(2)13(6-9)18-14-16-8-12(7-15)11(3)17-14/h4-6,8H,7H2,1-3H3. The molecule has 2 aromatic rings. The smallest absolute Gasteiger partial charge is 0.322 e. The Bertz CT molecular complexity index is 570. The van der Waals surface area contributed by atoms with Crippen LogP contribution in [-0.2, 0) is 5.88 Å². The van der Waals surface area contributed by atoms with Crippen LogP contribution in [0.4, 0.5) is 0 Å². The lowest BCUT2D eigenvalue weighted by Crippen LogP contribution is -1.98. The van der Waals surface area contributed by atoms with Crippen LogP contribution in [0.25, 0.3) is 0 Å². The summed E-state index contributed by atoms with van der Waals surface area (Å²) in [7, 11) is 0. The number of alkyl halides is 1. The van der Waals surface area contributed by atoms with Crippen LogP contribution in [0.5, 0.6) is 11.8 Å². The molecule has 0 spiro atoms. The molecule has 4 heteroatoms. The lowest BCUT2D eigenvalue weighted by molar-refractivity contribution is 0.436. The molecular formula is C14H15ClN2O. The zero-order chi connectivity index (χ0) is 13.1.